The number of carbonyl (C=O) groups is 2. The Morgan fingerprint density at radius 1 is 1.11 bits per heavy atom. The van der Waals surface area contributed by atoms with Crippen molar-refractivity contribution in [2.75, 3.05) is 6.61 Å². The van der Waals surface area contributed by atoms with Gasteiger partial charge >= 0.3 is 11.9 Å². The van der Waals surface area contributed by atoms with E-state index in [0.29, 0.717) is 0 Å². The number of fused-ring (bicyclic) bond motifs is 1. The number of aliphatic hydroxyl groups excluding tert-OH is 4. The summed E-state index contributed by atoms with van der Waals surface area (Å²) >= 11 is 0. The summed E-state index contributed by atoms with van der Waals surface area (Å²) in [6.07, 6.45) is -7.78. The fourth-order valence-electron chi connectivity index (χ4n) is 3.56. The van der Waals surface area contributed by atoms with Crippen molar-refractivity contribution in [3.05, 3.63) is 23.0 Å². The van der Waals surface area contributed by atoms with Gasteiger partial charge < -0.3 is 44.8 Å². The lowest BCUT2D eigenvalue weighted by molar-refractivity contribution is -0.327. The van der Waals surface area contributed by atoms with Gasteiger partial charge in [-0.2, -0.15) is 0 Å². The van der Waals surface area contributed by atoms with Crippen molar-refractivity contribution in [3.8, 4) is 0 Å². The van der Waals surface area contributed by atoms with Gasteiger partial charge in [-0.1, -0.05) is 0 Å². The van der Waals surface area contributed by atoms with Crippen LogP contribution in [0.15, 0.2) is 23.0 Å². The summed E-state index contributed by atoms with van der Waals surface area (Å²) in [5, 5.41) is 57.6. The third-order valence-electron chi connectivity index (χ3n) is 4.97. The van der Waals surface area contributed by atoms with Crippen LogP contribution in [0.25, 0.3) is 0 Å². The van der Waals surface area contributed by atoms with Gasteiger partial charge in [-0.05, 0) is 12.8 Å². The minimum Gasteiger partial charge on any atom is -0.478 e. The van der Waals surface area contributed by atoms with E-state index in [4.69, 9.17) is 14.2 Å². The van der Waals surface area contributed by atoms with Crippen molar-refractivity contribution >= 4 is 11.9 Å². The molecule has 150 valence electrons. The van der Waals surface area contributed by atoms with E-state index < -0.39 is 61.5 Å². The molecule has 0 saturated carbocycles. The molecule has 7 atom stereocenters. The molecule has 0 amide bonds. The lowest BCUT2D eigenvalue weighted by atomic mass is 9.90. The SMILES string of the molecule is O=C(O)C1=COC(OC2OC(CO)C(O)C(O)C2O)C2=C(C(=O)O)CCC12. The van der Waals surface area contributed by atoms with Crippen LogP contribution in [0.2, 0.25) is 0 Å². The Hall–Kier alpha value is -2.02. The van der Waals surface area contributed by atoms with Crippen molar-refractivity contribution in [2.45, 2.75) is 49.8 Å². The lowest BCUT2D eigenvalue weighted by Gasteiger charge is -2.41. The van der Waals surface area contributed by atoms with E-state index in [9.17, 15) is 40.2 Å². The standard InChI is InChI=1S/C16H20O11/c17-3-8-10(18)11(19)12(20)16(26-8)27-15-9-5(1-2-6(9)13(21)22)7(4-25-15)14(23)24/h4-5,8,10-12,15-20H,1-3H2,(H,21,22)(H,23,24). The Bertz CT molecular complexity index is 682. The number of carboxylic acid groups (broad SMARTS) is 2. The maximum Gasteiger partial charge on any atom is 0.335 e. The van der Waals surface area contributed by atoms with Crippen molar-refractivity contribution < 1.29 is 54.4 Å². The van der Waals surface area contributed by atoms with Crippen LogP contribution in [0.3, 0.4) is 0 Å². The Morgan fingerprint density at radius 2 is 1.81 bits per heavy atom. The molecular weight excluding hydrogens is 368 g/mol. The number of rotatable bonds is 5. The number of ether oxygens (including phenoxy) is 3. The molecule has 0 aromatic carbocycles. The highest BCUT2D eigenvalue weighted by molar-refractivity contribution is 5.92. The third-order valence-corrected chi connectivity index (χ3v) is 4.97. The lowest BCUT2D eigenvalue weighted by Crippen LogP contribution is -2.60. The zero-order valence-electron chi connectivity index (χ0n) is 14.0. The second-order valence-corrected chi connectivity index (χ2v) is 6.51. The fraction of sp³-hybridized carbons (Fsp3) is 0.625. The first-order valence-corrected chi connectivity index (χ1v) is 8.27. The Labute approximate surface area is 152 Å². The molecule has 11 heteroatoms. The van der Waals surface area contributed by atoms with Crippen molar-refractivity contribution in [2.24, 2.45) is 5.92 Å². The van der Waals surface area contributed by atoms with E-state index in [2.05, 4.69) is 0 Å². The summed E-state index contributed by atoms with van der Waals surface area (Å²) in [7, 11) is 0. The number of hydrogen-bond donors (Lipinski definition) is 6. The van der Waals surface area contributed by atoms with Gasteiger partial charge in [0.1, 0.15) is 24.4 Å². The first-order valence-electron chi connectivity index (χ1n) is 8.27. The molecule has 27 heavy (non-hydrogen) atoms. The maximum absolute atomic E-state index is 11.5. The quantitative estimate of drug-likeness (QED) is 0.304. The maximum atomic E-state index is 11.5. The molecule has 3 aliphatic rings. The highest BCUT2D eigenvalue weighted by Gasteiger charge is 2.48. The van der Waals surface area contributed by atoms with Crippen LogP contribution in [0.1, 0.15) is 12.8 Å². The van der Waals surface area contributed by atoms with Gasteiger partial charge in [-0.3, -0.25) is 0 Å². The molecule has 0 bridgehead atoms. The molecule has 1 saturated heterocycles. The zero-order valence-corrected chi connectivity index (χ0v) is 14.0. The van der Waals surface area contributed by atoms with Crippen LogP contribution >= 0.6 is 0 Å². The van der Waals surface area contributed by atoms with Crippen LogP contribution in [-0.4, -0.2) is 86.2 Å². The monoisotopic (exact) mass is 388 g/mol. The number of carboxylic acids is 2. The molecule has 0 radical (unpaired) electrons. The van der Waals surface area contributed by atoms with Gasteiger partial charge in [0.05, 0.1) is 18.4 Å². The first-order chi connectivity index (χ1) is 12.8. The van der Waals surface area contributed by atoms with Crippen LogP contribution in [-0.2, 0) is 23.8 Å². The normalized spacial score (nSPS) is 38.8. The number of aliphatic carboxylic acids is 2. The van der Waals surface area contributed by atoms with E-state index in [-0.39, 0.29) is 29.6 Å². The predicted molar refractivity (Wildman–Crippen MR) is 82.8 cm³/mol. The molecule has 11 nitrogen and oxygen atoms in total. The molecule has 1 fully saturated rings. The second kappa shape index (κ2) is 7.54. The molecule has 7 unspecified atom stereocenters. The van der Waals surface area contributed by atoms with Crippen LogP contribution in [0.5, 0.6) is 0 Å². The largest absolute Gasteiger partial charge is 0.478 e. The summed E-state index contributed by atoms with van der Waals surface area (Å²) in [6, 6.07) is 0. The number of hydrogen-bond acceptors (Lipinski definition) is 9. The Morgan fingerprint density at radius 3 is 2.41 bits per heavy atom. The predicted octanol–water partition coefficient (Wildman–Crippen LogP) is -2.08. The average Bonchev–Trinajstić information content (AvgIpc) is 3.07. The summed E-state index contributed by atoms with van der Waals surface area (Å²) in [5.41, 5.74) is -0.0734. The summed E-state index contributed by atoms with van der Waals surface area (Å²) in [5.74, 6) is -3.24. The van der Waals surface area contributed by atoms with Gasteiger partial charge in [0.15, 0.2) is 6.29 Å². The molecule has 3 rings (SSSR count). The zero-order chi connectivity index (χ0) is 19.9. The van der Waals surface area contributed by atoms with E-state index >= 15 is 0 Å². The van der Waals surface area contributed by atoms with Crippen molar-refractivity contribution in [3.63, 3.8) is 0 Å². The first kappa shape index (κ1) is 19.7. The second-order valence-electron chi connectivity index (χ2n) is 6.51. The molecule has 6 N–H and O–H groups in total. The van der Waals surface area contributed by atoms with Crippen LogP contribution in [0.4, 0.5) is 0 Å². The molecule has 2 heterocycles. The molecule has 0 spiro atoms. The van der Waals surface area contributed by atoms with Crippen LogP contribution in [0, 0.1) is 5.92 Å². The molecule has 0 aromatic rings. The highest BCUT2D eigenvalue weighted by atomic mass is 16.8. The summed E-state index contributed by atoms with van der Waals surface area (Å²) in [4.78, 5) is 22.9. The van der Waals surface area contributed by atoms with E-state index in [1.54, 1.807) is 0 Å². The molecular formula is C16H20O11. The highest BCUT2D eigenvalue weighted by Crippen LogP contribution is 2.43. The van der Waals surface area contributed by atoms with Gasteiger partial charge in [-0.25, -0.2) is 9.59 Å². The minimum absolute atomic E-state index is 0.0542. The molecule has 2 aliphatic heterocycles. The molecule has 1 aliphatic carbocycles. The summed E-state index contributed by atoms with van der Waals surface area (Å²) < 4.78 is 16.0. The van der Waals surface area contributed by atoms with E-state index in [0.717, 1.165) is 6.26 Å². The van der Waals surface area contributed by atoms with Crippen molar-refractivity contribution in [1.29, 1.82) is 0 Å². The fourth-order valence-corrected chi connectivity index (χ4v) is 3.56. The Kier molecular flexibility index (Phi) is 5.51. The van der Waals surface area contributed by atoms with Crippen LogP contribution < -0.4 is 0 Å². The Balaban J connectivity index is 1.88. The van der Waals surface area contributed by atoms with E-state index in [1.807, 2.05) is 0 Å². The topological polar surface area (TPSA) is 183 Å². The van der Waals surface area contributed by atoms with Crippen molar-refractivity contribution in [1.82, 2.24) is 0 Å². The van der Waals surface area contributed by atoms with Gasteiger partial charge in [0.2, 0.25) is 6.29 Å². The van der Waals surface area contributed by atoms with E-state index in [1.165, 1.54) is 0 Å². The molecule has 0 aromatic heterocycles. The third kappa shape index (κ3) is 3.45. The number of aliphatic hydroxyl groups is 4. The van der Waals surface area contributed by atoms with Gasteiger partial charge in [0, 0.05) is 17.1 Å². The smallest absolute Gasteiger partial charge is 0.335 e. The van der Waals surface area contributed by atoms with Gasteiger partial charge in [0.25, 0.3) is 0 Å². The average molecular weight is 388 g/mol. The minimum atomic E-state index is -1.70. The van der Waals surface area contributed by atoms with Gasteiger partial charge in [-0.15, -0.1) is 0 Å². The summed E-state index contributed by atoms with van der Waals surface area (Å²) in [6.45, 7) is -0.662.